The summed E-state index contributed by atoms with van der Waals surface area (Å²) >= 11 is 5.27. The Balaban J connectivity index is 2.93. The molecule has 0 aliphatic carbocycles. The minimum Gasteiger partial charge on any atom is -0.276 e. The SMILES string of the molecule is CON1C=C(S(=O)(=O)CCl)C=NC1. The van der Waals surface area contributed by atoms with Crippen molar-refractivity contribution in [2.24, 2.45) is 4.99 Å². The molecule has 0 spiro atoms. The first-order valence-corrected chi connectivity index (χ1v) is 5.60. The third kappa shape index (κ3) is 2.43. The Labute approximate surface area is 81.5 Å². The van der Waals surface area contributed by atoms with Gasteiger partial charge >= 0.3 is 0 Å². The summed E-state index contributed by atoms with van der Waals surface area (Å²) in [6.45, 7) is 0.289. The van der Waals surface area contributed by atoms with Gasteiger partial charge in [-0.25, -0.2) is 13.5 Å². The van der Waals surface area contributed by atoms with Crippen molar-refractivity contribution in [3.05, 3.63) is 11.1 Å². The lowest BCUT2D eigenvalue weighted by Crippen LogP contribution is -2.23. The molecule has 0 atom stereocenters. The van der Waals surface area contributed by atoms with Gasteiger partial charge in [-0.1, -0.05) is 0 Å². The maximum Gasteiger partial charge on any atom is 0.195 e. The number of alkyl halides is 1. The molecular weight excluding hydrogens is 216 g/mol. The van der Waals surface area contributed by atoms with E-state index in [4.69, 9.17) is 16.4 Å². The fraction of sp³-hybridized carbons (Fsp3) is 0.500. The molecule has 0 N–H and O–H groups in total. The molecule has 5 nitrogen and oxygen atoms in total. The lowest BCUT2D eigenvalue weighted by Gasteiger charge is -2.18. The van der Waals surface area contributed by atoms with Crippen molar-refractivity contribution in [1.82, 2.24) is 5.06 Å². The molecule has 1 aliphatic heterocycles. The highest BCUT2D eigenvalue weighted by Crippen LogP contribution is 2.11. The predicted molar refractivity (Wildman–Crippen MR) is 49.9 cm³/mol. The molecule has 1 heterocycles. The topological polar surface area (TPSA) is 59.0 Å². The molecule has 0 unspecified atom stereocenters. The van der Waals surface area contributed by atoms with Gasteiger partial charge in [0.25, 0.3) is 0 Å². The fourth-order valence-electron chi connectivity index (χ4n) is 0.761. The Morgan fingerprint density at radius 1 is 1.77 bits per heavy atom. The van der Waals surface area contributed by atoms with E-state index in [1.54, 1.807) is 0 Å². The molecule has 74 valence electrons. The second-order valence-corrected chi connectivity index (χ2v) is 4.88. The van der Waals surface area contributed by atoms with Crippen LogP contribution < -0.4 is 0 Å². The van der Waals surface area contributed by atoms with Gasteiger partial charge in [0.15, 0.2) is 9.84 Å². The Bertz CT molecular complexity index is 336. The Morgan fingerprint density at radius 2 is 2.46 bits per heavy atom. The van der Waals surface area contributed by atoms with E-state index < -0.39 is 15.0 Å². The zero-order valence-corrected chi connectivity index (χ0v) is 8.55. The molecule has 13 heavy (non-hydrogen) atoms. The van der Waals surface area contributed by atoms with Crippen LogP contribution in [-0.4, -0.2) is 38.7 Å². The number of hydrogen-bond acceptors (Lipinski definition) is 5. The first-order valence-electron chi connectivity index (χ1n) is 3.41. The van der Waals surface area contributed by atoms with Crippen molar-refractivity contribution in [1.29, 1.82) is 0 Å². The molecule has 0 aromatic rings. The molecule has 1 rings (SSSR count). The van der Waals surface area contributed by atoms with E-state index in [9.17, 15) is 8.42 Å². The molecule has 0 saturated carbocycles. The van der Waals surface area contributed by atoms with E-state index >= 15 is 0 Å². The fourth-order valence-corrected chi connectivity index (χ4v) is 1.78. The highest BCUT2D eigenvalue weighted by molar-refractivity contribution is 7.97. The minimum absolute atomic E-state index is 0.0654. The summed E-state index contributed by atoms with van der Waals surface area (Å²) in [5, 5.41) is 0.849. The first-order chi connectivity index (χ1) is 6.10. The third-order valence-corrected chi connectivity index (χ3v) is 3.53. The number of hydroxylamine groups is 2. The Morgan fingerprint density at radius 3 is 3.00 bits per heavy atom. The average molecular weight is 225 g/mol. The van der Waals surface area contributed by atoms with Crippen molar-refractivity contribution >= 4 is 27.7 Å². The van der Waals surface area contributed by atoms with Crippen LogP contribution in [0.1, 0.15) is 0 Å². The van der Waals surface area contributed by atoms with Crippen molar-refractivity contribution in [3.8, 4) is 0 Å². The summed E-state index contributed by atoms with van der Waals surface area (Å²) in [5.74, 6) is 0. The van der Waals surface area contributed by atoms with Crippen LogP contribution in [0.5, 0.6) is 0 Å². The number of allylic oxidation sites excluding steroid dienone is 1. The van der Waals surface area contributed by atoms with Gasteiger partial charge < -0.3 is 0 Å². The second-order valence-electron chi connectivity index (χ2n) is 2.31. The second kappa shape index (κ2) is 4.08. The van der Waals surface area contributed by atoms with Crippen LogP contribution in [-0.2, 0) is 14.7 Å². The standard InChI is InChI=1S/C6H9ClN2O3S/c1-12-9-3-6(2-8-5-9)13(10,11)4-7/h2-3H,4-5H2,1H3. The van der Waals surface area contributed by atoms with E-state index in [1.807, 2.05) is 0 Å². The Hall–Kier alpha value is -0.590. The number of aliphatic imine (C=N–C) groups is 1. The molecule has 0 fully saturated rings. The molecule has 1 aliphatic rings. The van der Waals surface area contributed by atoms with Crippen LogP contribution in [0.2, 0.25) is 0 Å². The van der Waals surface area contributed by atoms with E-state index in [0.717, 1.165) is 0 Å². The summed E-state index contributed by atoms with van der Waals surface area (Å²) in [6, 6.07) is 0. The van der Waals surface area contributed by atoms with Crippen molar-refractivity contribution < 1.29 is 13.3 Å². The van der Waals surface area contributed by atoms with E-state index in [0.29, 0.717) is 0 Å². The number of sulfone groups is 1. The Kier molecular flexibility index (Phi) is 3.29. The van der Waals surface area contributed by atoms with Gasteiger partial charge in [-0.2, -0.15) is 0 Å². The van der Waals surface area contributed by atoms with Gasteiger partial charge in [-0.3, -0.25) is 9.83 Å². The molecule has 0 aromatic heterocycles. The quantitative estimate of drug-likeness (QED) is 0.649. The maximum atomic E-state index is 11.2. The number of nitrogens with zero attached hydrogens (tertiary/aromatic N) is 2. The first kappa shape index (κ1) is 10.5. The predicted octanol–water partition coefficient (Wildman–Crippen LogP) is 0.344. The van der Waals surface area contributed by atoms with Crippen molar-refractivity contribution in [2.75, 3.05) is 19.0 Å². The summed E-state index contributed by atoms with van der Waals surface area (Å²) in [5.41, 5.74) is 0. The van der Waals surface area contributed by atoms with E-state index in [2.05, 4.69) is 4.99 Å². The summed E-state index contributed by atoms with van der Waals surface area (Å²) in [7, 11) is -1.98. The van der Waals surface area contributed by atoms with Crippen LogP contribution in [0.4, 0.5) is 0 Å². The largest absolute Gasteiger partial charge is 0.276 e. The lowest BCUT2D eigenvalue weighted by molar-refractivity contribution is -0.0860. The summed E-state index contributed by atoms with van der Waals surface area (Å²) in [4.78, 5) is 8.66. The zero-order chi connectivity index (χ0) is 9.90. The van der Waals surface area contributed by atoms with Crippen LogP contribution in [0.25, 0.3) is 0 Å². The van der Waals surface area contributed by atoms with Crippen molar-refractivity contribution in [3.63, 3.8) is 0 Å². The third-order valence-electron chi connectivity index (χ3n) is 1.45. The number of rotatable bonds is 3. The van der Waals surface area contributed by atoms with Gasteiger partial charge in [0.1, 0.15) is 16.8 Å². The summed E-state index contributed by atoms with van der Waals surface area (Å²) < 4.78 is 22.5. The molecule has 0 saturated heterocycles. The normalized spacial score (nSPS) is 17.4. The molecule has 0 amide bonds. The lowest BCUT2D eigenvalue weighted by atomic mass is 10.6. The van der Waals surface area contributed by atoms with Crippen LogP contribution >= 0.6 is 11.6 Å². The van der Waals surface area contributed by atoms with E-state index in [1.165, 1.54) is 24.6 Å². The van der Waals surface area contributed by atoms with Gasteiger partial charge in [0, 0.05) is 12.4 Å². The van der Waals surface area contributed by atoms with Crippen LogP contribution in [0.3, 0.4) is 0 Å². The smallest absolute Gasteiger partial charge is 0.195 e. The van der Waals surface area contributed by atoms with Gasteiger partial charge in [-0.05, 0) is 0 Å². The molecule has 7 heteroatoms. The highest BCUT2D eigenvalue weighted by atomic mass is 35.5. The molecule has 0 bridgehead atoms. The number of halogens is 1. The van der Waals surface area contributed by atoms with Gasteiger partial charge in [-0.15, -0.1) is 11.6 Å². The maximum absolute atomic E-state index is 11.2. The molecule has 0 aromatic carbocycles. The summed E-state index contributed by atoms with van der Waals surface area (Å²) in [6.07, 6.45) is 2.62. The molecule has 0 radical (unpaired) electrons. The van der Waals surface area contributed by atoms with Gasteiger partial charge in [0.05, 0.1) is 7.11 Å². The zero-order valence-electron chi connectivity index (χ0n) is 6.97. The highest BCUT2D eigenvalue weighted by Gasteiger charge is 2.18. The molecular formula is C6H9ClN2O3S. The van der Waals surface area contributed by atoms with Gasteiger partial charge in [0.2, 0.25) is 0 Å². The minimum atomic E-state index is -3.41. The monoisotopic (exact) mass is 224 g/mol. The average Bonchev–Trinajstić information content (AvgIpc) is 2.18. The van der Waals surface area contributed by atoms with E-state index in [-0.39, 0.29) is 11.6 Å². The number of hydrogen-bond donors (Lipinski definition) is 0. The van der Waals surface area contributed by atoms with Crippen LogP contribution in [0, 0.1) is 0 Å². The van der Waals surface area contributed by atoms with Crippen LogP contribution in [0.15, 0.2) is 16.1 Å². The van der Waals surface area contributed by atoms with Crippen molar-refractivity contribution in [2.45, 2.75) is 0 Å².